The Balaban J connectivity index is 2.32. The van der Waals surface area contributed by atoms with Crippen molar-refractivity contribution in [3.8, 4) is 0 Å². The van der Waals surface area contributed by atoms with Crippen LogP contribution in [0.15, 0.2) is 0 Å². The summed E-state index contributed by atoms with van der Waals surface area (Å²) >= 11 is 0. The second-order valence-corrected chi connectivity index (χ2v) is 5.40. The highest BCUT2D eigenvalue weighted by Gasteiger charge is 2.28. The third-order valence-electron chi connectivity index (χ3n) is 3.29. The predicted molar refractivity (Wildman–Crippen MR) is 64.8 cm³/mol. The number of nitrogens with two attached hydrogens (primary N) is 1. The number of ether oxygens (including phenoxy) is 1. The van der Waals surface area contributed by atoms with Gasteiger partial charge in [0.2, 0.25) is 0 Å². The minimum absolute atomic E-state index is 0.275. The monoisotopic (exact) mass is 213 g/mol. The van der Waals surface area contributed by atoms with E-state index in [1.807, 2.05) is 0 Å². The molecule has 1 aliphatic carbocycles. The van der Waals surface area contributed by atoms with Gasteiger partial charge in [-0.2, -0.15) is 0 Å². The van der Waals surface area contributed by atoms with Crippen LogP contribution in [0.2, 0.25) is 0 Å². The molecule has 1 rings (SSSR count). The molecular weight excluding hydrogens is 186 g/mol. The van der Waals surface area contributed by atoms with Crippen LogP contribution >= 0.6 is 0 Å². The Labute approximate surface area is 94.6 Å². The van der Waals surface area contributed by atoms with Crippen molar-refractivity contribution < 1.29 is 4.74 Å². The average Bonchev–Trinajstić information content (AvgIpc) is 2.19. The molecule has 0 spiro atoms. The Morgan fingerprint density at radius 1 is 1.33 bits per heavy atom. The molecule has 0 saturated heterocycles. The number of rotatable bonds is 5. The van der Waals surface area contributed by atoms with Crippen LogP contribution < -0.4 is 5.73 Å². The van der Waals surface area contributed by atoms with Crippen LogP contribution in [0.3, 0.4) is 0 Å². The molecule has 0 aromatic heterocycles. The fourth-order valence-electron chi connectivity index (χ4n) is 2.41. The summed E-state index contributed by atoms with van der Waals surface area (Å²) in [6, 6.07) is 0.275. The van der Waals surface area contributed by atoms with Gasteiger partial charge in [-0.25, -0.2) is 0 Å². The molecule has 0 radical (unpaired) electrons. The van der Waals surface area contributed by atoms with Gasteiger partial charge in [0, 0.05) is 12.6 Å². The first-order chi connectivity index (χ1) is 7.13. The van der Waals surface area contributed by atoms with E-state index < -0.39 is 0 Å². The SMILES string of the molecule is CCCC1CCC(N)C(OCC(C)C)C1. The van der Waals surface area contributed by atoms with Crippen molar-refractivity contribution in [3.05, 3.63) is 0 Å². The molecule has 0 amide bonds. The van der Waals surface area contributed by atoms with Crippen molar-refractivity contribution in [3.63, 3.8) is 0 Å². The Morgan fingerprint density at radius 2 is 2.07 bits per heavy atom. The number of hydrogen-bond donors (Lipinski definition) is 1. The Kier molecular flexibility index (Phi) is 5.62. The van der Waals surface area contributed by atoms with E-state index in [-0.39, 0.29) is 6.04 Å². The first-order valence-electron chi connectivity index (χ1n) is 6.50. The third-order valence-corrected chi connectivity index (χ3v) is 3.29. The molecule has 2 nitrogen and oxygen atoms in total. The molecule has 3 atom stereocenters. The molecular formula is C13H27NO. The topological polar surface area (TPSA) is 35.2 Å². The predicted octanol–water partition coefficient (Wildman–Crippen LogP) is 2.96. The molecule has 1 saturated carbocycles. The molecule has 3 unspecified atom stereocenters. The summed E-state index contributed by atoms with van der Waals surface area (Å²) in [4.78, 5) is 0. The summed E-state index contributed by atoms with van der Waals surface area (Å²) in [5.74, 6) is 1.47. The maximum atomic E-state index is 6.10. The van der Waals surface area contributed by atoms with E-state index in [0.717, 1.165) is 18.9 Å². The second-order valence-electron chi connectivity index (χ2n) is 5.40. The van der Waals surface area contributed by atoms with E-state index in [0.29, 0.717) is 12.0 Å². The van der Waals surface area contributed by atoms with Gasteiger partial charge in [0.05, 0.1) is 6.10 Å². The van der Waals surface area contributed by atoms with Crippen molar-refractivity contribution in [2.24, 2.45) is 17.6 Å². The zero-order chi connectivity index (χ0) is 11.3. The lowest BCUT2D eigenvalue weighted by Gasteiger charge is -2.34. The van der Waals surface area contributed by atoms with Crippen LogP contribution in [0.4, 0.5) is 0 Å². The Hall–Kier alpha value is -0.0800. The highest BCUT2D eigenvalue weighted by Crippen LogP contribution is 2.29. The van der Waals surface area contributed by atoms with E-state index in [4.69, 9.17) is 10.5 Å². The van der Waals surface area contributed by atoms with Gasteiger partial charge in [-0.05, 0) is 31.1 Å². The van der Waals surface area contributed by atoms with Crippen LogP contribution in [-0.2, 0) is 4.74 Å². The molecule has 0 aromatic rings. The van der Waals surface area contributed by atoms with E-state index in [2.05, 4.69) is 20.8 Å². The van der Waals surface area contributed by atoms with Crippen molar-refractivity contribution in [1.29, 1.82) is 0 Å². The summed E-state index contributed by atoms with van der Waals surface area (Å²) in [7, 11) is 0. The Bertz CT molecular complexity index is 170. The van der Waals surface area contributed by atoms with Gasteiger partial charge in [0.15, 0.2) is 0 Å². The number of hydrogen-bond acceptors (Lipinski definition) is 2. The fourth-order valence-corrected chi connectivity index (χ4v) is 2.41. The van der Waals surface area contributed by atoms with E-state index in [9.17, 15) is 0 Å². The van der Waals surface area contributed by atoms with Gasteiger partial charge >= 0.3 is 0 Å². The molecule has 0 bridgehead atoms. The maximum Gasteiger partial charge on any atom is 0.0728 e. The lowest BCUT2D eigenvalue weighted by molar-refractivity contribution is -0.0134. The minimum Gasteiger partial charge on any atom is -0.376 e. The van der Waals surface area contributed by atoms with E-state index in [1.54, 1.807) is 0 Å². The third kappa shape index (κ3) is 4.52. The zero-order valence-corrected chi connectivity index (χ0v) is 10.5. The van der Waals surface area contributed by atoms with Crippen molar-refractivity contribution in [2.75, 3.05) is 6.61 Å². The van der Waals surface area contributed by atoms with Crippen molar-refractivity contribution >= 4 is 0 Å². The van der Waals surface area contributed by atoms with Gasteiger partial charge in [-0.15, -0.1) is 0 Å². The highest BCUT2D eigenvalue weighted by atomic mass is 16.5. The van der Waals surface area contributed by atoms with Gasteiger partial charge in [-0.3, -0.25) is 0 Å². The summed E-state index contributed by atoms with van der Waals surface area (Å²) < 4.78 is 5.91. The molecule has 2 N–H and O–H groups in total. The van der Waals surface area contributed by atoms with Crippen molar-refractivity contribution in [2.45, 2.75) is 65.0 Å². The largest absolute Gasteiger partial charge is 0.376 e. The van der Waals surface area contributed by atoms with Crippen LogP contribution in [0.25, 0.3) is 0 Å². The normalized spacial score (nSPS) is 32.2. The van der Waals surface area contributed by atoms with E-state index in [1.165, 1.54) is 25.7 Å². The molecule has 15 heavy (non-hydrogen) atoms. The smallest absolute Gasteiger partial charge is 0.0728 e. The average molecular weight is 213 g/mol. The molecule has 0 aromatic carbocycles. The standard InChI is InChI=1S/C13H27NO/c1-4-5-11-6-7-12(14)13(8-11)15-9-10(2)3/h10-13H,4-9,14H2,1-3H3. The molecule has 1 aliphatic rings. The highest BCUT2D eigenvalue weighted by molar-refractivity contribution is 4.83. The van der Waals surface area contributed by atoms with E-state index >= 15 is 0 Å². The Morgan fingerprint density at radius 3 is 2.67 bits per heavy atom. The maximum absolute atomic E-state index is 6.10. The van der Waals surface area contributed by atoms with Crippen molar-refractivity contribution in [1.82, 2.24) is 0 Å². The van der Waals surface area contributed by atoms with Gasteiger partial charge in [0.25, 0.3) is 0 Å². The molecule has 0 heterocycles. The summed E-state index contributed by atoms with van der Waals surface area (Å²) in [6.07, 6.45) is 6.58. The first-order valence-corrected chi connectivity index (χ1v) is 6.50. The van der Waals surface area contributed by atoms with Crippen LogP contribution in [0.5, 0.6) is 0 Å². The summed E-state index contributed by atoms with van der Waals surface area (Å²) in [5.41, 5.74) is 6.10. The lowest BCUT2D eigenvalue weighted by atomic mass is 9.82. The first kappa shape index (κ1) is 13.0. The fraction of sp³-hybridized carbons (Fsp3) is 1.00. The van der Waals surface area contributed by atoms with Gasteiger partial charge in [0.1, 0.15) is 0 Å². The van der Waals surface area contributed by atoms with Crippen LogP contribution in [-0.4, -0.2) is 18.8 Å². The van der Waals surface area contributed by atoms with Gasteiger partial charge in [-0.1, -0.05) is 33.6 Å². The zero-order valence-electron chi connectivity index (χ0n) is 10.5. The quantitative estimate of drug-likeness (QED) is 0.762. The molecule has 0 aliphatic heterocycles. The molecule has 2 heteroatoms. The summed E-state index contributed by atoms with van der Waals surface area (Å²) in [6.45, 7) is 7.51. The molecule has 90 valence electrons. The summed E-state index contributed by atoms with van der Waals surface area (Å²) in [5, 5.41) is 0. The van der Waals surface area contributed by atoms with Crippen LogP contribution in [0, 0.1) is 11.8 Å². The van der Waals surface area contributed by atoms with Gasteiger partial charge < -0.3 is 10.5 Å². The second kappa shape index (κ2) is 6.49. The lowest BCUT2D eigenvalue weighted by Crippen LogP contribution is -2.42. The van der Waals surface area contributed by atoms with Crippen LogP contribution in [0.1, 0.15) is 52.9 Å². The minimum atomic E-state index is 0.275. The molecule has 1 fully saturated rings.